The van der Waals surface area contributed by atoms with Gasteiger partial charge in [-0.05, 0) is 67.1 Å². The fraction of sp³-hybridized carbons (Fsp3) is 0.342. The Morgan fingerprint density at radius 2 is 1.77 bits per heavy atom. The molecule has 1 saturated heterocycles. The van der Waals surface area contributed by atoms with Crippen molar-refractivity contribution in [3.8, 4) is 16.9 Å². The topological polar surface area (TPSA) is 162 Å². The Morgan fingerprint density at radius 1 is 1.04 bits per heavy atom. The predicted molar refractivity (Wildman–Crippen MR) is 193 cm³/mol. The Labute approximate surface area is 298 Å². The second-order valence-electron chi connectivity index (χ2n) is 14.3. The molecule has 0 atom stereocenters. The van der Waals surface area contributed by atoms with Crippen molar-refractivity contribution in [3.63, 3.8) is 0 Å². The van der Waals surface area contributed by atoms with E-state index in [9.17, 15) is 24.3 Å². The summed E-state index contributed by atoms with van der Waals surface area (Å²) in [6.45, 7) is 9.44. The van der Waals surface area contributed by atoms with Crippen LogP contribution < -0.4 is 16.4 Å². The Bertz CT molecular complexity index is 2320. The number of ether oxygens (including phenoxy) is 1. The predicted octanol–water partition coefficient (Wildman–Crippen LogP) is 4.77. The number of carbonyl (C=O) groups is 2. The summed E-state index contributed by atoms with van der Waals surface area (Å²) >= 11 is 0. The molecule has 270 valence electrons. The van der Waals surface area contributed by atoms with Crippen LogP contribution in [0, 0.1) is 5.82 Å². The van der Waals surface area contributed by atoms with Crippen LogP contribution in [0.4, 0.5) is 15.9 Å². The Morgan fingerprint density at radius 3 is 2.42 bits per heavy atom. The summed E-state index contributed by atoms with van der Waals surface area (Å²) in [6.07, 6.45) is 3.81. The molecular formula is C38H40FN7O6. The third-order valence-electron chi connectivity index (χ3n) is 9.24. The smallest absolute Gasteiger partial charge is 0.302 e. The molecule has 0 saturated carbocycles. The molecule has 0 radical (unpaired) electrons. The van der Waals surface area contributed by atoms with E-state index >= 15 is 4.39 Å². The summed E-state index contributed by atoms with van der Waals surface area (Å²) in [4.78, 5) is 58.1. The SMILES string of the molecule is CC(=O)OCc1c(-c2cc(Nc3ccc(C(=O)N4CCC(C)(O)CC4)cn3)c(=O)n(C)n2)cccc1-n1ncc2cc(C(C)(C)C)cc(F)c2c1=O. The van der Waals surface area contributed by atoms with Gasteiger partial charge in [0.1, 0.15) is 23.9 Å². The highest BCUT2D eigenvalue weighted by Gasteiger charge is 2.30. The molecule has 4 heterocycles. The van der Waals surface area contributed by atoms with Gasteiger partial charge in [0.05, 0.1) is 34.1 Å². The fourth-order valence-electron chi connectivity index (χ4n) is 6.11. The van der Waals surface area contributed by atoms with Crippen molar-refractivity contribution in [1.29, 1.82) is 0 Å². The van der Waals surface area contributed by atoms with Crippen LogP contribution in [-0.2, 0) is 28.6 Å². The molecule has 1 amide bonds. The van der Waals surface area contributed by atoms with Crippen LogP contribution in [0.2, 0.25) is 0 Å². The molecule has 14 heteroatoms. The standard InChI is InChI=1S/C38H40FN7O6/c1-22(47)52-21-27-26(8-7-9-31(27)46-36(50)33-24(20-41-46)16-25(17-28(33)39)37(2,3)4)29-18-30(35(49)44(6)43-29)42-32-11-10-23(19-40-32)34(48)45-14-12-38(5,51)13-15-45/h7-11,16-20,51H,12-15,21H2,1-6H3,(H,40,42). The lowest BCUT2D eigenvalue weighted by atomic mass is 9.86. The second-order valence-corrected chi connectivity index (χ2v) is 14.3. The number of fused-ring (bicyclic) bond motifs is 1. The van der Waals surface area contributed by atoms with E-state index in [1.807, 2.05) is 20.8 Å². The van der Waals surface area contributed by atoms with E-state index in [4.69, 9.17) is 4.74 Å². The van der Waals surface area contributed by atoms with Crippen LogP contribution in [0.1, 0.15) is 68.9 Å². The average molecular weight is 710 g/mol. The van der Waals surface area contributed by atoms with E-state index in [1.165, 1.54) is 38.5 Å². The Kier molecular flexibility index (Phi) is 9.53. The minimum absolute atomic E-state index is 0.110. The maximum absolute atomic E-state index is 15.5. The van der Waals surface area contributed by atoms with Crippen LogP contribution in [-0.4, -0.2) is 65.1 Å². The number of nitrogens with one attached hydrogen (secondary N) is 1. The maximum Gasteiger partial charge on any atom is 0.302 e. The van der Waals surface area contributed by atoms with Gasteiger partial charge >= 0.3 is 5.97 Å². The minimum atomic E-state index is -0.789. The lowest BCUT2D eigenvalue weighted by Gasteiger charge is -2.35. The number of benzene rings is 2. The highest BCUT2D eigenvalue weighted by Crippen LogP contribution is 2.31. The van der Waals surface area contributed by atoms with Gasteiger partial charge in [0.25, 0.3) is 17.0 Å². The quantitative estimate of drug-likeness (QED) is 0.225. The van der Waals surface area contributed by atoms with E-state index in [0.717, 1.165) is 9.36 Å². The highest BCUT2D eigenvalue weighted by molar-refractivity contribution is 5.94. The number of pyridine rings is 1. The van der Waals surface area contributed by atoms with Crippen LogP contribution >= 0.6 is 0 Å². The first-order valence-electron chi connectivity index (χ1n) is 16.8. The number of aromatic nitrogens is 5. The van der Waals surface area contributed by atoms with Crippen LogP contribution in [0.3, 0.4) is 0 Å². The Hall–Kier alpha value is -5.76. The van der Waals surface area contributed by atoms with Crippen molar-refractivity contribution in [2.45, 2.75) is 65.1 Å². The zero-order valence-electron chi connectivity index (χ0n) is 29.9. The number of nitrogens with zero attached hydrogens (tertiary/aromatic N) is 6. The summed E-state index contributed by atoms with van der Waals surface area (Å²) in [6, 6.07) is 12.7. The molecular weight excluding hydrogens is 669 g/mol. The summed E-state index contributed by atoms with van der Waals surface area (Å²) in [7, 11) is 1.47. The molecule has 52 heavy (non-hydrogen) atoms. The monoisotopic (exact) mass is 709 g/mol. The number of carbonyl (C=O) groups excluding carboxylic acids is 2. The van der Waals surface area contributed by atoms with Gasteiger partial charge < -0.3 is 20.1 Å². The first kappa shape index (κ1) is 36.0. The molecule has 13 nitrogen and oxygen atoms in total. The van der Waals surface area contributed by atoms with E-state index in [-0.39, 0.29) is 40.4 Å². The van der Waals surface area contributed by atoms with Gasteiger partial charge in [-0.2, -0.15) is 14.9 Å². The Balaban J connectivity index is 1.37. The first-order chi connectivity index (χ1) is 24.5. The summed E-state index contributed by atoms with van der Waals surface area (Å²) < 4.78 is 23.1. The number of esters is 1. The number of hydrogen-bond donors (Lipinski definition) is 2. The largest absolute Gasteiger partial charge is 0.461 e. The number of piperidine rings is 1. The molecule has 3 aromatic heterocycles. The van der Waals surface area contributed by atoms with Crippen LogP contribution in [0.15, 0.2) is 70.5 Å². The summed E-state index contributed by atoms with van der Waals surface area (Å²) in [5.74, 6) is -1.15. The van der Waals surface area contributed by atoms with Crippen LogP contribution in [0.25, 0.3) is 27.7 Å². The lowest BCUT2D eigenvalue weighted by molar-refractivity contribution is -0.142. The number of amides is 1. The molecule has 1 aliphatic rings. The number of anilines is 2. The van der Waals surface area contributed by atoms with Gasteiger partial charge in [-0.25, -0.2) is 14.1 Å². The van der Waals surface area contributed by atoms with Crippen molar-refractivity contribution in [1.82, 2.24) is 29.4 Å². The van der Waals surface area contributed by atoms with Gasteiger partial charge in [-0.3, -0.25) is 19.2 Å². The van der Waals surface area contributed by atoms with Gasteiger partial charge in [0.2, 0.25) is 0 Å². The minimum Gasteiger partial charge on any atom is -0.461 e. The number of rotatable bonds is 7. The van der Waals surface area contributed by atoms with E-state index in [0.29, 0.717) is 59.4 Å². The molecule has 6 rings (SSSR count). The van der Waals surface area contributed by atoms with Crippen LogP contribution in [0.5, 0.6) is 0 Å². The lowest BCUT2D eigenvalue weighted by Crippen LogP contribution is -2.45. The molecule has 1 aliphatic heterocycles. The molecule has 0 bridgehead atoms. The van der Waals surface area contributed by atoms with Gasteiger partial charge in [-0.1, -0.05) is 32.9 Å². The third kappa shape index (κ3) is 7.33. The second kappa shape index (κ2) is 13.8. The van der Waals surface area contributed by atoms with Crippen molar-refractivity contribution >= 4 is 34.2 Å². The van der Waals surface area contributed by atoms with E-state index in [2.05, 4.69) is 20.5 Å². The third-order valence-corrected chi connectivity index (χ3v) is 9.24. The van der Waals surface area contributed by atoms with Gasteiger partial charge in [0.15, 0.2) is 0 Å². The van der Waals surface area contributed by atoms with Crippen molar-refractivity contribution in [2.24, 2.45) is 7.05 Å². The maximum atomic E-state index is 15.5. The van der Waals surface area contributed by atoms with Gasteiger partial charge in [-0.15, -0.1) is 0 Å². The molecule has 5 aromatic rings. The first-order valence-corrected chi connectivity index (χ1v) is 16.8. The molecule has 0 spiro atoms. The molecule has 0 aliphatic carbocycles. The molecule has 2 N–H and O–H groups in total. The fourth-order valence-corrected chi connectivity index (χ4v) is 6.11. The molecule has 1 fully saturated rings. The summed E-state index contributed by atoms with van der Waals surface area (Å²) in [5.41, 5.74) is 0.157. The van der Waals surface area contributed by atoms with Crippen molar-refractivity contribution in [3.05, 3.63) is 104 Å². The number of aryl methyl sites for hydroxylation is 1. The highest BCUT2D eigenvalue weighted by atomic mass is 19.1. The number of aliphatic hydroxyl groups is 1. The van der Waals surface area contributed by atoms with E-state index in [1.54, 1.807) is 48.2 Å². The van der Waals surface area contributed by atoms with Gasteiger partial charge in [0, 0.05) is 49.8 Å². The zero-order valence-corrected chi connectivity index (χ0v) is 29.9. The number of likely N-dealkylation sites (tertiary alicyclic amines) is 1. The summed E-state index contributed by atoms with van der Waals surface area (Å²) in [5, 5.41) is 22.3. The number of hydrogen-bond acceptors (Lipinski definition) is 10. The van der Waals surface area contributed by atoms with E-state index < -0.39 is 28.5 Å². The molecule has 0 unspecified atom stereocenters. The normalized spacial score (nSPS) is 14.3. The molecule has 2 aromatic carbocycles. The zero-order chi connectivity index (χ0) is 37.5. The van der Waals surface area contributed by atoms with Crippen molar-refractivity contribution in [2.75, 3.05) is 18.4 Å². The average Bonchev–Trinajstić information content (AvgIpc) is 3.08. The number of halogens is 1. The van der Waals surface area contributed by atoms with Crippen molar-refractivity contribution < 1.29 is 23.8 Å².